The molecule has 0 radical (unpaired) electrons. The molecule has 4 aromatic carbocycles. The zero-order chi connectivity index (χ0) is 26.3. The molecule has 0 spiro atoms. The second-order valence-corrected chi connectivity index (χ2v) is 12.9. The summed E-state index contributed by atoms with van der Waals surface area (Å²) in [6, 6.07) is 26.3. The second-order valence-electron chi connectivity index (χ2n) is 8.51. The van der Waals surface area contributed by atoms with E-state index in [0.717, 1.165) is 20.1 Å². The Labute approximate surface area is 247 Å². The number of hydrogen-bond acceptors (Lipinski definition) is 6. The number of ether oxygens (including phenoxy) is 2. The van der Waals surface area contributed by atoms with Crippen LogP contribution >= 0.6 is 55.4 Å². The molecule has 0 aliphatic carbocycles. The van der Waals surface area contributed by atoms with E-state index in [0.29, 0.717) is 22.7 Å². The molecular weight excluding hydrogens is 648 g/mol. The van der Waals surface area contributed by atoms with E-state index in [2.05, 4.69) is 84.9 Å². The van der Waals surface area contributed by atoms with Crippen LogP contribution in [0.15, 0.2) is 92.9 Å². The highest BCUT2D eigenvalue weighted by Gasteiger charge is 2.18. The zero-order valence-corrected chi connectivity index (χ0v) is 25.0. The van der Waals surface area contributed by atoms with Crippen LogP contribution in [0.5, 0.6) is 11.5 Å². The lowest BCUT2D eigenvalue weighted by Crippen LogP contribution is -2.24. The fraction of sp³-hybridized carbons (Fsp3) is 0.172. The SMILES string of the molecule is O=C(COc1ccc(C2SCCS2)cc1)N/N=C\c1cc(Br)c(OCc2ccc3ccccc3c2)c(Br)c1. The van der Waals surface area contributed by atoms with E-state index in [1.54, 1.807) is 6.21 Å². The van der Waals surface area contributed by atoms with Gasteiger partial charge in [-0.15, -0.1) is 23.5 Å². The van der Waals surface area contributed by atoms with Crippen molar-refractivity contribution in [2.75, 3.05) is 18.1 Å². The molecule has 194 valence electrons. The maximum atomic E-state index is 12.2. The van der Waals surface area contributed by atoms with Gasteiger partial charge in [0.05, 0.1) is 19.7 Å². The molecule has 9 heteroatoms. The van der Waals surface area contributed by atoms with Crippen LogP contribution in [0.3, 0.4) is 0 Å². The third kappa shape index (κ3) is 7.14. The van der Waals surface area contributed by atoms with E-state index in [1.807, 2.05) is 59.9 Å². The lowest BCUT2D eigenvalue weighted by Gasteiger charge is -2.12. The largest absolute Gasteiger partial charge is 0.487 e. The maximum Gasteiger partial charge on any atom is 0.277 e. The van der Waals surface area contributed by atoms with Gasteiger partial charge in [-0.3, -0.25) is 4.79 Å². The minimum atomic E-state index is -0.333. The van der Waals surface area contributed by atoms with E-state index >= 15 is 0 Å². The van der Waals surface area contributed by atoms with Gasteiger partial charge in [-0.2, -0.15) is 5.10 Å². The van der Waals surface area contributed by atoms with E-state index in [1.165, 1.54) is 27.8 Å². The monoisotopic (exact) mass is 670 g/mol. The molecule has 0 atom stereocenters. The molecule has 0 aromatic heterocycles. The standard InChI is InChI=1S/C29H24Br2N2O3S2/c30-25-14-20(15-26(31)28(25)36-17-19-5-6-21-3-1-2-4-23(21)13-19)16-32-33-27(34)18-35-24-9-7-22(8-10-24)29-37-11-12-38-29/h1-10,13-16,29H,11-12,17-18H2,(H,33,34)/b32-16-. The average Bonchev–Trinajstić information content (AvgIpc) is 3.47. The number of rotatable bonds is 9. The van der Waals surface area contributed by atoms with Gasteiger partial charge >= 0.3 is 0 Å². The predicted molar refractivity (Wildman–Crippen MR) is 165 cm³/mol. The molecule has 1 N–H and O–H groups in total. The molecule has 38 heavy (non-hydrogen) atoms. The first-order chi connectivity index (χ1) is 18.5. The normalized spacial score (nSPS) is 13.7. The van der Waals surface area contributed by atoms with Gasteiger partial charge < -0.3 is 9.47 Å². The Bertz CT molecular complexity index is 1440. The van der Waals surface area contributed by atoms with Crippen LogP contribution in [0, 0.1) is 0 Å². The van der Waals surface area contributed by atoms with E-state index < -0.39 is 0 Å². The van der Waals surface area contributed by atoms with Crippen molar-refractivity contribution >= 4 is 78.3 Å². The van der Waals surface area contributed by atoms with Gasteiger partial charge in [-0.05, 0) is 89.7 Å². The molecule has 1 aliphatic heterocycles. The summed E-state index contributed by atoms with van der Waals surface area (Å²) in [5.74, 6) is 3.40. The molecule has 0 bridgehead atoms. The maximum absolute atomic E-state index is 12.2. The van der Waals surface area contributed by atoms with E-state index in [-0.39, 0.29) is 12.5 Å². The van der Waals surface area contributed by atoms with Crippen molar-refractivity contribution in [3.63, 3.8) is 0 Å². The summed E-state index contributed by atoms with van der Waals surface area (Å²) in [5.41, 5.74) is 5.67. The molecule has 4 aromatic rings. The lowest BCUT2D eigenvalue weighted by atomic mass is 10.1. The topological polar surface area (TPSA) is 59.9 Å². The van der Waals surface area contributed by atoms with Crippen LogP contribution in [0.2, 0.25) is 0 Å². The Morgan fingerprint density at radius 2 is 1.63 bits per heavy atom. The molecule has 5 nitrogen and oxygen atoms in total. The third-order valence-electron chi connectivity index (χ3n) is 5.76. The number of halogens is 2. The molecule has 1 heterocycles. The van der Waals surface area contributed by atoms with Crippen LogP contribution in [0.1, 0.15) is 21.3 Å². The highest BCUT2D eigenvalue weighted by Crippen LogP contribution is 2.45. The van der Waals surface area contributed by atoms with Crippen molar-refractivity contribution < 1.29 is 14.3 Å². The van der Waals surface area contributed by atoms with E-state index in [4.69, 9.17) is 9.47 Å². The number of nitrogens with one attached hydrogen (secondary N) is 1. The fourth-order valence-corrected chi connectivity index (χ4v) is 8.22. The Morgan fingerprint density at radius 1 is 0.921 bits per heavy atom. The third-order valence-corrected chi connectivity index (χ3v) is 10.0. The molecule has 5 rings (SSSR count). The van der Waals surface area contributed by atoms with Gasteiger partial charge in [0.15, 0.2) is 6.61 Å². The van der Waals surface area contributed by atoms with Crippen molar-refractivity contribution in [2.45, 2.75) is 11.2 Å². The summed E-state index contributed by atoms with van der Waals surface area (Å²) in [6.07, 6.45) is 1.58. The molecule has 0 saturated carbocycles. The molecule has 1 saturated heterocycles. The number of hydrogen-bond donors (Lipinski definition) is 1. The zero-order valence-electron chi connectivity index (χ0n) is 20.2. The summed E-state index contributed by atoms with van der Waals surface area (Å²) < 4.78 is 13.7. The summed E-state index contributed by atoms with van der Waals surface area (Å²) in [7, 11) is 0. The first kappa shape index (κ1) is 27.1. The predicted octanol–water partition coefficient (Wildman–Crippen LogP) is 7.95. The molecule has 0 unspecified atom stereocenters. The summed E-state index contributed by atoms with van der Waals surface area (Å²) >= 11 is 11.1. The summed E-state index contributed by atoms with van der Waals surface area (Å²) in [5, 5.41) is 6.45. The highest BCUT2D eigenvalue weighted by atomic mass is 79.9. The van der Waals surface area contributed by atoms with Crippen molar-refractivity contribution in [3.05, 3.63) is 104 Å². The first-order valence-corrected chi connectivity index (χ1v) is 15.6. The number of amides is 1. The highest BCUT2D eigenvalue weighted by molar-refractivity contribution is 9.11. The number of benzene rings is 4. The van der Waals surface area contributed by atoms with Gasteiger partial charge in [-0.1, -0.05) is 48.5 Å². The van der Waals surface area contributed by atoms with Crippen LogP contribution in [0.4, 0.5) is 0 Å². The number of nitrogens with zero attached hydrogens (tertiary/aromatic N) is 1. The van der Waals surface area contributed by atoms with Gasteiger partial charge in [0.1, 0.15) is 18.1 Å². The quantitative estimate of drug-likeness (QED) is 0.145. The van der Waals surface area contributed by atoms with Crippen LogP contribution in [0.25, 0.3) is 10.8 Å². The van der Waals surface area contributed by atoms with E-state index in [9.17, 15) is 4.79 Å². The van der Waals surface area contributed by atoms with Crippen molar-refractivity contribution in [1.82, 2.24) is 5.43 Å². The van der Waals surface area contributed by atoms with Gasteiger partial charge in [-0.25, -0.2) is 5.43 Å². The Hall–Kier alpha value is -2.46. The van der Waals surface area contributed by atoms with Crippen LogP contribution < -0.4 is 14.9 Å². The lowest BCUT2D eigenvalue weighted by molar-refractivity contribution is -0.123. The number of fused-ring (bicyclic) bond motifs is 1. The smallest absolute Gasteiger partial charge is 0.277 e. The Kier molecular flexibility index (Phi) is 9.32. The number of thioether (sulfide) groups is 2. The van der Waals surface area contributed by atoms with Gasteiger partial charge in [0.2, 0.25) is 0 Å². The van der Waals surface area contributed by atoms with Gasteiger partial charge in [0, 0.05) is 11.5 Å². The van der Waals surface area contributed by atoms with Crippen molar-refractivity contribution in [2.24, 2.45) is 5.10 Å². The Balaban J connectivity index is 1.11. The Morgan fingerprint density at radius 3 is 2.37 bits per heavy atom. The molecule has 1 amide bonds. The number of hydrazone groups is 1. The molecule has 1 fully saturated rings. The van der Waals surface area contributed by atoms with Crippen LogP contribution in [-0.4, -0.2) is 30.2 Å². The first-order valence-electron chi connectivity index (χ1n) is 11.9. The fourth-order valence-electron chi connectivity index (χ4n) is 3.91. The minimum Gasteiger partial charge on any atom is -0.487 e. The number of carbonyl (C=O) groups excluding carboxylic acids is 1. The van der Waals surface area contributed by atoms with Crippen LogP contribution in [-0.2, 0) is 11.4 Å². The molecular formula is C29H24Br2N2O3S2. The van der Waals surface area contributed by atoms with Crippen molar-refractivity contribution in [3.8, 4) is 11.5 Å². The average molecular weight is 672 g/mol. The molecule has 1 aliphatic rings. The second kappa shape index (κ2) is 13.1. The minimum absolute atomic E-state index is 0.113. The van der Waals surface area contributed by atoms with Crippen molar-refractivity contribution in [1.29, 1.82) is 0 Å². The summed E-state index contributed by atoms with van der Waals surface area (Å²) in [6.45, 7) is 0.325. The van der Waals surface area contributed by atoms with Gasteiger partial charge in [0.25, 0.3) is 5.91 Å². The summed E-state index contributed by atoms with van der Waals surface area (Å²) in [4.78, 5) is 12.2. The number of carbonyl (C=O) groups is 1.